The van der Waals surface area contributed by atoms with Gasteiger partial charge in [0.1, 0.15) is 0 Å². The first-order valence-electron chi connectivity index (χ1n) is 8.27. The third kappa shape index (κ3) is 3.56. The minimum Gasteiger partial charge on any atom is -0.324 e. The van der Waals surface area contributed by atoms with Crippen LogP contribution in [-0.4, -0.2) is 18.4 Å². The smallest absolute Gasteiger partial charge is 0.229 e. The van der Waals surface area contributed by atoms with Crippen molar-refractivity contribution in [3.05, 3.63) is 58.1 Å². The van der Waals surface area contributed by atoms with Crippen molar-refractivity contribution in [2.75, 3.05) is 16.8 Å². The zero-order valence-electron chi connectivity index (χ0n) is 14.5. The van der Waals surface area contributed by atoms with Gasteiger partial charge in [-0.3, -0.25) is 9.59 Å². The normalized spacial score (nSPS) is 16.5. The molecule has 1 aliphatic rings. The van der Waals surface area contributed by atoms with Crippen LogP contribution in [0.1, 0.15) is 23.1 Å². The first-order valence-corrected chi connectivity index (χ1v) is 8.65. The van der Waals surface area contributed by atoms with Gasteiger partial charge in [0.2, 0.25) is 11.8 Å². The van der Waals surface area contributed by atoms with E-state index in [0.717, 1.165) is 11.1 Å². The molecule has 1 fully saturated rings. The van der Waals surface area contributed by atoms with Gasteiger partial charge in [0.05, 0.1) is 28.3 Å². The fourth-order valence-electron chi connectivity index (χ4n) is 3.15. The minimum atomic E-state index is -0.449. The van der Waals surface area contributed by atoms with Crippen molar-refractivity contribution in [2.45, 2.75) is 20.3 Å². The lowest BCUT2D eigenvalue weighted by Gasteiger charge is -2.17. The summed E-state index contributed by atoms with van der Waals surface area (Å²) in [6.07, 6.45) is 0.147. The van der Waals surface area contributed by atoms with E-state index in [9.17, 15) is 9.59 Å². The molecule has 0 aromatic heterocycles. The fourth-order valence-corrected chi connectivity index (χ4v) is 3.52. The second kappa shape index (κ2) is 7.19. The molecule has 1 unspecified atom stereocenters. The molecular formula is C20H18ClN3O2. The lowest BCUT2D eigenvalue weighted by molar-refractivity contribution is -0.122. The Bertz CT molecular complexity index is 893. The van der Waals surface area contributed by atoms with Crippen molar-refractivity contribution >= 4 is 34.8 Å². The molecule has 3 rings (SSSR count). The maximum Gasteiger partial charge on any atom is 0.229 e. The highest BCUT2D eigenvalue weighted by molar-refractivity contribution is 6.34. The van der Waals surface area contributed by atoms with E-state index in [2.05, 4.69) is 5.32 Å². The topological polar surface area (TPSA) is 73.2 Å². The van der Waals surface area contributed by atoms with E-state index in [-0.39, 0.29) is 18.2 Å². The Kier molecular flexibility index (Phi) is 4.97. The summed E-state index contributed by atoms with van der Waals surface area (Å²) in [5, 5.41) is 12.2. The zero-order chi connectivity index (χ0) is 18.8. The lowest BCUT2D eigenvalue weighted by atomic mass is 10.1. The number of hydrogen-bond donors (Lipinski definition) is 1. The van der Waals surface area contributed by atoms with Crippen LogP contribution in [0.25, 0.3) is 0 Å². The number of nitrogens with one attached hydrogen (secondary N) is 1. The second-order valence-electron chi connectivity index (χ2n) is 6.49. The van der Waals surface area contributed by atoms with Crippen molar-refractivity contribution in [3.63, 3.8) is 0 Å². The van der Waals surface area contributed by atoms with Crippen LogP contribution in [0.4, 0.5) is 11.4 Å². The maximum absolute atomic E-state index is 12.6. The van der Waals surface area contributed by atoms with E-state index in [1.54, 1.807) is 35.2 Å². The summed E-state index contributed by atoms with van der Waals surface area (Å²) in [7, 11) is 0. The second-order valence-corrected chi connectivity index (χ2v) is 6.90. The number of rotatable bonds is 3. The van der Waals surface area contributed by atoms with Crippen LogP contribution in [0.5, 0.6) is 0 Å². The van der Waals surface area contributed by atoms with Crippen molar-refractivity contribution in [1.82, 2.24) is 0 Å². The Balaban J connectivity index is 1.74. The van der Waals surface area contributed by atoms with Crippen molar-refractivity contribution in [2.24, 2.45) is 5.92 Å². The summed E-state index contributed by atoms with van der Waals surface area (Å²) in [4.78, 5) is 26.5. The van der Waals surface area contributed by atoms with Gasteiger partial charge in [-0.25, -0.2) is 0 Å². The Hall–Kier alpha value is -2.84. The summed E-state index contributed by atoms with van der Waals surface area (Å²) in [6.45, 7) is 4.13. The average Bonchev–Trinajstić information content (AvgIpc) is 3.00. The van der Waals surface area contributed by atoms with Gasteiger partial charge in [-0.15, -0.1) is 0 Å². The number of aryl methyl sites for hydroxylation is 2. The van der Waals surface area contributed by atoms with Gasteiger partial charge >= 0.3 is 0 Å². The third-order valence-corrected chi connectivity index (χ3v) is 4.78. The van der Waals surface area contributed by atoms with Crippen LogP contribution in [0.3, 0.4) is 0 Å². The first-order chi connectivity index (χ1) is 12.4. The lowest BCUT2D eigenvalue weighted by Crippen LogP contribution is -2.28. The number of carbonyl (C=O) groups is 2. The summed E-state index contributed by atoms with van der Waals surface area (Å²) < 4.78 is 0. The largest absolute Gasteiger partial charge is 0.324 e. The molecule has 0 radical (unpaired) electrons. The van der Waals surface area contributed by atoms with Gasteiger partial charge in [0.15, 0.2) is 0 Å². The molecule has 2 aromatic carbocycles. The number of nitrogens with zero attached hydrogens (tertiary/aromatic N) is 2. The molecule has 0 aliphatic carbocycles. The molecule has 26 heavy (non-hydrogen) atoms. The summed E-state index contributed by atoms with van der Waals surface area (Å²) in [6, 6.07) is 12.5. The molecule has 5 nitrogen and oxygen atoms in total. The van der Waals surface area contributed by atoms with E-state index < -0.39 is 5.92 Å². The molecule has 1 aliphatic heterocycles. The third-order valence-electron chi connectivity index (χ3n) is 4.48. The Labute approximate surface area is 157 Å². The molecule has 1 saturated heterocycles. The van der Waals surface area contributed by atoms with Crippen LogP contribution in [0, 0.1) is 31.1 Å². The van der Waals surface area contributed by atoms with Crippen LogP contribution in [-0.2, 0) is 9.59 Å². The van der Waals surface area contributed by atoms with E-state index >= 15 is 0 Å². The SMILES string of the molecule is Cc1cc(C)c(NC(=O)C2CC(=O)N(c3ccc(C#N)cc3)C2)c(Cl)c1. The van der Waals surface area contributed by atoms with Crippen molar-refractivity contribution in [1.29, 1.82) is 5.26 Å². The van der Waals surface area contributed by atoms with Crippen LogP contribution >= 0.6 is 11.6 Å². The van der Waals surface area contributed by atoms with Crippen LogP contribution in [0.2, 0.25) is 5.02 Å². The predicted molar refractivity (Wildman–Crippen MR) is 101 cm³/mol. The number of nitriles is 1. The summed E-state index contributed by atoms with van der Waals surface area (Å²) in [5.74, 6) is -0.778. The van der Waals surface area contributed by atoms with Gasteiger partial charge in [0, 0.05) is 18.7 Å². The van der Waals surface area contributed by atoms with Gasteiger partial charge in [-0.1, -0.05) is 17.7 Å². The monoisotopic (exact) mass is 367 g/mol. The standard InChI is InChI=1S/C20H18ClN3O2/c1-12-7-13(2)19(17(21)8-12)23-20(26)15-9-18(25)24(11-15)16-5-3-14(10-22)4-6-16/h3-8,15H,9,11H2,1-2H3,(H,23,26). The number of amides is 2. The molecule has 2 aromatic rings. The predicted octanol–water partition coefficient (Wildman–Crippen LogP) is 3.82. The van der Waals surface area contributed by atoms with E-state index in [1.807, 2.05) is 26.0 Å². The molecule has 0 spiro atoms. The average molecular weight is 368 g/mol. The molecule has 132 valence electrons. The van der Waals surface area contributed by atoms with E-state index in [1.165, 1.54) is 0 Å². The van der Waals surface area contributed by atoms with Gasteiger partial charge in [-0.05, 0) is 55.3 Å². The quantitative estimate of drug-likeness (QED) is 0.896. The molecule has 0 saturated carbocycles. The maximum atomic E-state index is 12.6. The number of benzene rings is 2. The summed E-state index contributed by atoms with van der Waals surface area (Å²) >= 11 is 6.25. The van der Waals surface area contributed by atoms with Gasteiger partial charge < -0.3 is 10.2 Å². The Morgan fingerprint density at radius 3 is 2.58 bits per heavy atom. The molecule has 1 N–H and O–H groups in total. The van der Waals surface area contributed by atoms with Crippen molar-refractivity contribution in [3.8, 4) is 6.07 Å². The molecule has 2 amide bonds. The number of hydrogen-bond acceptors (Lipinski definition) is 3. The molecule has 1 heterocycles. The highest BCUT2D eigenvalue weighted by Crippen LogP contribution is 2.30. The number of carbonyl (C=O) groups excluding carboxylic acids is 2. The van der Waals surface area contributed by atoms with Crippen molar-refractivity contribution < 1.29 is 9.59 Å². The molecule has 6 heteroatoms. The Morgan fingerprint density at radius 1 is 1.27 bits per heavy atom. The van der Waals surface area contributed by atoms with E-state index in [0.29, 0.717) is 28.5 Å². The summed E-state index contributed by atoms with van der Waals surface area (Å²) in [5.41, 5.74) is 3.71. The number of halogens is 1. The van der Waals surface area contributed by atoms with Crippen LogP contribution < -0.4 is 10.2 Å². The van der Waals surface area contributed by atoms with Gasteiger partial charge in [0.25, 0.3) is 0 Å². The van der Waals surface area contributed by atoms with Gasteiger partial charge in [-0.2, -0.15) is 5.26 Å². The molecule has 1 atom stereocenters. The van der Waals surface area contributed by atoms with Crippen LogP contribution in [0.15, 0.2) is 36.4 Å². The molecule has 0 bridgehead atoms. The highest BCUT2D eigenvalue weighted by Gasteiger charge is 2.35. The molecular weight excluding hydrogens is 350 g/mol. The fraction of sp³-hybridized carbons (Fsp3) is 0.250. The Morgan fingerprint density at radius 2 is 1.96 bits per heavy atom. The number of anilines is 2. The first kappa shape index (κ1) is 18.0. The van der Waals surface area contributed by atoms with E-state index in [4.69, 9.17) is 16.9 Å². The zero-order valence-corrected chi connectivity index (χ0v) is 15.3. The highest BCUT2D eigenvalue weighted by atomic mass is 35.5. The minimum absolute atomic E-state index is 0.110.